The van der Waals surface area contributed by atoms with Crippen molar-refractivity contribution in [2.45, 2.75) is 32.8 Å². The molecule has 4 nitrogen and oxygen atoms in total. The number of aromatic nitrogens is 1. The Kier molecular flexibility index (Phi) is 4.53. The fraction of sp³-hybridized carbons (Fsp3) is 0.600. The topological polar surface area (TPSA) is 42.4 Å². The predicted molar refractivity (Wildman–Crippen MR) is 74.9 cm³/mol. The first-order valence-corrected chi connectivity index (χ1v) is 6.91. The van der Waals surface area contributed by atoms with Crippen LogP contribution in [0.5, 0.6) is 0 Å². The summed E-state index contributed by atoms with van der Waals surface area (Å²) in [7, 11) is 1.79. The number of carbonyl (C=O) groups excluding carboxylic acids is 1. The van der Waals surface area contributed by atoms with Gasteiger partial charge in [0, 0.05) is 19.9 Å². The van der Waals surface area contributed by atoms with E-state index in [0.717, 1.165) is 19.4 Å². The molecule has 104 valence electrons. The van der Waals surface area contributed by atoms with Crippen LogP contribution in [0.15, 0.2) is 24.4 Å². The number of ether oxygens (including phenoxy) is 1. The first-order valence-electron chi connectivity index (χ1n) is 6.91. The Labute approximate surface area is 114 Å². The Hall–Kier alpha value is -1.42. The normalized spacial score (nSPS) is 23.4. The molecule has 0 aromatic carbocycles. The molecule has 0 aliphatic carbocycles. The van der Waals surface area contributed by atoms with Crippen LogP contribution in [0.25, 0.3) is 0 Å². The van der Waals surface area contributed by atoms with E-state index in [1.54, 1.807) is 18.1 Å². The summed E-state index contributed by atoms with van der Waals surface area (Å²) in [6.45, 7) is 4.98. The summed E-state index contributed by atoms with van der Waals surface area (Å²) in [6.07, 6.45) is 3.58. The Bertz CT molecular complexity index is 419. The summed E-state index contributed by atoms with van der Waals surface area (Å²) < 4.78 is 5.79. The van der Waals surface area contributed by atoms with E-state index in [1.165, 1.54) is 0 Å². The molecule has 0 unspecified atom stereocenters. The molecule has 1 aliphatic rings. The van der Waals surface area contributed by atoms with E-state index in [9.17, 15) is 4.79 Å². The third kappa shape index (κ3) is 3.13. The average molecular weight is 262 g/mol. The minimum atomic E-state index is -0.0549. The van der Waals surface area contributed by atoms with Crippen molar-refractivity contribution in [3.63, 3.8) is 0 Å². The van der Waals surface area contributed by atoms with E-state index in [-0.39, 0.29) is 17.9 Å². The van der Waals surface area contributed by atoms with Crippen molar-refractivity contribution in [3.05, 3.63) is 24.4 Å². The van der Waals surface area contributed by atoms with E-state index >= 15 is 0 Å². The second kappa shape index (κ2) is 6.15. The molecule has 0 saturated carbocycles. The van der Waals surface area contributed by atoms with E-state index in [2.05, 4.69) is 18.8 Å². The van der Waals surface area contributed by atoms with Gasteiger partial charge in [-0.2, -0.15) is 0 Å². The van der Waals surface area contributed by atoms with Gasteiger partial charge in [0.2, 0.25) is 5.91 Å². The fourth-order valence-corrected chi connectivity index (χ4v) is 2.64. The summed E-state index contributed by atoms with van der Waals surface area (Å²) in [4.78, 5) is 18.5. The minimum Gasteiger partial charge on any atom is -0.377 e. The van der Waals surface area contributed by atoms with Gasteiger partial charge in [0.15, 0.2) is 0 Å². The lowest BCUT2D eigenvalue weighted by atomic mass is 9.86. The van der Waals surface area contributed by atoms with Crippen LogP contribution in [0.2, 0.25) is 0 Å². The zero-order valence-corrected chi connectivity index (χ0v) is 11.9. The number of anilines is 1. The number of rotatable bonds is 3. The first-order chi connectivity index (χ1) is 9.11. The summed E-state index contributed by atoms with van der Waals surface area (Å²) in [6, 6.07) is 5.60. The van der Waals surface area contributed by atoms with Gasteiger partial charge in [0.25, 0.3) is 0 Å². The molecule has 19 heavy (non-hydrogen) atoms. The molecule has 0 spiro atoms. The average Bonchev–Trinajstić information content (AvgIpc) is 2.46. The van der Waals surface area contributed by atoms with Crippen molar-refractivity contribution in [3.8, 4) is 0 Å². The van der Waals surface area contributed by atoms with E-state index < -0.39 is 0 Å². The highest BCUT2D eigenvalue weighted by Crippen LogP contribution is 2.28. The summed E-state index contributed by atoms with van der Waals surface area (Å²) in [5, 5.41) is 0. The van der Waals surface area contributed by atoms with Gasteiger partial charge in [0.1, 0.15) is 5.82 Å². The number of carbonyl (C=O) groups is 1. The highest BCUT2D eigenvalue weighted by molar-refractivity contribution is 5.94. The number of nitrogens with zero attached hydrogens (tertiary/aromatic N) is 2. The molecule has 1 saturated heterocycles. The minimum absolute atomic E-state index is 0.0208. The maximum atomic E-state index is 12.6. The number of hydrogen-bond donors (Lipinski definition) is 0. The van der Waals surface area contributed by atoms with E-state index in [4.69, 9.17) is 4.74 Å². The van der Waals surface area contributed by atoms with Crippen molar-refractivity contribution >= 4 is 11.7 Å². The maximum Gasteiger partial charge on any atom is 0.233 e. The molecule has 1 fully saturated rings. The zero-order chi connectivity index (χ0) is 13.8. The highest BCUT2D eigenvalue weighted by atomic mass is 16.5. The monoisotopic (exact) mass is 262 g/mol. The largest absolute Gasteiger partial charge is 0.377 e. The smallest absolute Gasteiger partial charge is 0.233 e. The van der Waals surface area contributed by atoms with Gasteiger partial charge in [-0.05, 0) is 30.9 Å². The van der Waals surface area contributed by atoms with Crippen molar-refractivity contribution in [1.29, 1.82) is 0 Å². The third-order valence-electron chi connectivity index (χ3n) is 3.66. The van der Waals surface area contributed by atoms with Gasteiger partial charge in [-0.25, -0.2) is 4.98 Å². The molecule has 2 heterocycles. The van der Waals surface area contributed by atoms with Crippen LogP contribution in [-0.2, 0) is 9.53 Å². The third-order valence-corrected chi connectivity index (χ3v) is 3.66. The molecular weight excluding hydrogens is 240 g/mol. The van der Waals surface area contributed by atoms with Crippen LogP contribution in [0.1, 0.15) is 26.7 Å². The van der Waals surface area contributed by atoms with Gasteiger partial charge in [-0.15, -0.1) is 0 Å². The SMILES string of the molecule is CC(C)[C@@H]1OCCC[C@@H]1C(=O)N(C)c1ccccn1. The molecule has 4 heteroatoms. The first kappa shape index (κ1) is 14.0. The van der Waals surface area contributed by atoms with Crippen molar-refractivity contribution in [2.24, 2.45) is 11.8 Å². The molecule has 2 rings (SSSR count). The Morgan fingerprint density at radius 1 is 1.47 bits per heavy atom. The zero-order valence-electron chi connectivity index (χ0n) is 11.9. The number of pyridine rings is 1. The lowest BCUT2D eigenvalue weighted by Crippen LogP contribution is -2.44. The lowest BCUT2D eigenvalue weighted by molar-refractivity contribution is -0.134. The number of amides is 1. The van der Waals surface area contributed by atoms with Crippen LogP contribution in [0.3, 0.4) is 0 Å². The molecule has 1 aliphatic heterocycles. The predicted octanol–water partition coefficient (Wildman–Crippen LogP) is 2.50. The summed E-state index contributed by atoms with van der Waals surface area (Å²) >= 11 is 0. The standard InChI is InChI=1S/C15H22N2O2/c1-11(2)14-12(7-6-10-19-14)15(18)17(3)13-8-4-5-9-16-13/h4-5,8-9,11-12,14H,6-7,10H2,1-3H3/t12-,14-/m0/s1. The lowest BCUT2D eigenvalue weighted by Gasteiger charge is -2.35. The molecule has 0 N–H and O–H groups in total. The fourth-order valence-electron chi connectivity index (χ4n) is 2.64. The highest BCUT2D eigenvalue weighted by Gasteiger charge is 2.35. The quantitative estimate of drug-likeness (QED) is 0.840. The number of hydrogen-bond acceptors (Lipinski definition) is 3. The van der Waals surface area contributed by atoms with Gasteiger partial charge < -0.3 is 4.74 Å². The van der Waals surface area contributed by atoms with Crippen LogP contribution < -0.4 is 4.90 Å². The molecule has 0 radical (unpaired) electrons. The van der Waals surface area contributed by atoms with E-state index in [0.29, 0.717) is 11.7 Å². The molecule has 0 bridgehead atoms. The molecule has 2 atom stereocenters. The van der Waals surface area contributed by atoms with Crippen LogP contribution in [0.4, 0.5) is 5.82 Å². The summed E-state index contributed by atoms with van der Waals surface area (Å²) in [5.41, 5.74) is 0. The second-order valence-corrected chi connectivity index (χ2v) is 5.41. The Morgan fingerprint density at radius 2 is 2.26 bits per heavy atom. The van der Waals surface area contributed by atoms with Gasteiger partial charge in [-0.3, -0.25) is 9.69 Å². The summed E-state index contributed by atoms with van der Waals surface area (Å²) in [5.74, 6) is 1.10. The van der Waals surface area contributed by atoms with Crippen LogP contribution in [0, 0.1) is 11.8 Å². The van der Waals surface area contributed by atoms with Crippen molar-refractivity contribution < 1.29 is 9.53 Å². The van der Waals surface area contributed by atoms with Gasteiger partial charge in [-0.1, -0.05) is 19.9 Å². The van der Waals surface area contributed by atoms with E-state index in [1.807, 2.05) is 18.2 Å². The molecule has 1 aromatic heterocycles. The maximum absolute atomic E-state index is 12.6. The molecule has 1 amide bonds. The van der Waals surface area contributed by atoms with Gasteiger partial charge >= 0.3 is 0 Å². The van der Waals surface area contributed by atoms with Crippen molar-refractivity contribution in [2.75, 3.05) is 18.6 Å². The Morgan fingerprint density at radius 3 is 2.89 bits per heavy atom. The van der Waals surface area contributed by atoms with Crippen molar-refractivity contribution in [1.82, 2.24) is 4.98 Å². The van der Waals surface area contributed by atoms with Gasteiger partial charge in [0.05, 0.1) is 12.0 Å². The molecular formula is C15H22N2O2. The second-order valence-electron chi connectivity index (χ2n) is 5.41. The van der Waals surface area contributed by atoms with Crippen LogP contribution >= 0.6 is 0 Å². The Balaban J connectivity index is 2.13. The van der Waals surface area contributed by atoms with Crippen LogP contribution in [-0.4, -0.2) is 30.6 Å². The molecule has 1 aromatic rings.